The zero-order chi connectivity index (χ0) is 64.7. The number of imidazole rings is 1. The summed E-state index contributed by atoms with van der Waals surface area (Å²) in [6, 6.07) is 22.0. The Morgan fingerprint density at radius 3 is 1.87 bits per heavy atom. The molecule has 27 nitrogen and oxygen atoms in total. The van der Waals surface area contributed by atoms with E-state index in [2.05, 4.69) is 20.3 Å². The molecule has 1 amide bonds. The van der Waals surface area contributed by atoms with Crippen molar-refractivity contribution in [3.8, 4) is 11.5 Å². The van der Waals surface area contributed by atoms with Crippen molar-refractivity contribution < 1.29 is 89.7 Å². The number of hydrogen-bond donors (Lipinski definition) is 3. The van der Waals surface area contributed by atoms with Gasteiger partial charge in [0.25, 0.3) is 5.56 Å². The first-order chi connectivity index (χ1) is 42.4. The summed E-state index contributed by atoms with van der Waals surface area (Å²) < 4.78 is 98.2. The fourth-order valence-electron chi connectivity index (χ4n) is 10.9. The van der Waals surface area contributed by atoms with E-state index in [1.54, 1.807) is 57.0 Å². The number of aromatic amines is 1. The van der Waals surface area contributed by atoms with Gasteiger partial charge in [-0.1, -0.05) is 68.4 Å². The van der Waals surface area contributed by atoms with Crippen molar-refractivity contribution in [2.24, 2.45) is 5.92 Å². The number of nitrogens with two attached hydrogens (primary N) is 1. The molecule has 0 aliphatic carbocycles. The molecule has 0 saturated carbocycles. The fourth-order valence-corrected chi connectivity index (χ4v) is 13.2. The van der Waals surface area contributed by atoms with Crippen LogP contribution in [0.2, 0.25) is 0 Å². The maximum Gasteiger partial charge on any atom is 0.409 e. The lowest BCUT2D eigenvalue weighted by atomic mass is 9.79. The predicted octanol–water partition coefficient (Wildman–Crippen LogP) is 5.94. The van der Waals surface area contributed by atoms with E-state index >= 15 is 9.36 Å². The van der Waals surface area contributed by atoms with Crippen LogP contribution < -0.4 is 26.1 Å². The molecule has 2 aromatic heterocycles. The number of Topliss-reactive ketones (excluding diaryl/α,β-unsaturated/α-hetero) is 1. The van der Waals surface area contributed by atoms with Crippen molar-refractivity contribution in [3.05, 3.63) is 112 Å². The average Bonchev–Trinajstić information content (AvgIpc) is 1.74. The Hall–Kier alpha value is -7.17. The average molecular weight is 1260 g/mol. The topological polar surface area (TPSA) is 327 Å². The lowest BCUT2D eigenvalue weighted by Gasteiger charge is -2.44. The molecule has 4 heterocycles. The van der Waals surface area contributed by atoms with Gasteiger partial charge in [-0.2, -0.15) is 4.98 Å². The third-order valence-electron chi connectivity index (χ3n) is 14.5. The number of benzene rings is 3. The van der Waals surface area contributed by atoms with E-state index < -0.39 is 123 Å². The van der Waals surface area contributed by atoms with Crippen LogP contribution in [0.15, 0.2) is 90.0 Å². The molecule has 3 aromatic carbocycles. The molecular formula is C61H82N7O20P. The Kier molecular flexibility index (Phi) is 24.5. The highest BCUT2D eigenvalue weighted by atomic mass is 31.2. The molecule has 7 rings (SSSR count). The summed E-state index contributed by atoms with van der Waals surface area (Å²) in [5.74, 6) is -2.76. The maximum absolute atomic E-state index is 16.0. The second kappa shape index (κ2) is 31.5. The zero-order valence-corrected chi connectivity index (χ0v) is 53.0. The molecule has 0 spiro atoms. The minimum absolute atomic E-state index is 0.0232. The van der Waals surface area contributed by atoms with E-state index in [-0.39, 0.29) is 69.0 Å². The standard InChI is InChI=1S/C61H82N7O20P/c1-35(2)52(73)56(87-61(42-16-14-13-15-17-42,43-18-22-45(76-11)23-19-43)44-20-24-46(77-12)25-21-44)53-47(32-49(86-53)67-34-63-51-57(67)65-60(62)66-58(51)74)88-89(75,68(36(3)4)37(5)6)82-31-29-79-27-26-78-28-30-80-59-50(64-38(7)69)55(84-41(10)72)54(83-40(9)71)48(85-59)33-81-39(8)70/h13-25,34-37,47-50,53-56,59H,26-33H2,1-12H3,(H,64,69)(H3,62,65,66,74)/t47-,48+,49+,50+,53-,54-,55+,56?,59+,89?/m0/s1. The second-order valence-electron chi connectivity index (χ2n) is 22.0. The molecule has 2 aliphatic heterocycles. The number of nitrogens with zero attached hydrogens (tertiary/aromatic N) is 4. The highest BCUT2D eigenvalue weighted by molar-refractivity contribution is 7.51. The Balaban J connectivity index is 1.14. The molecular weight excluding hydrogens is 1180 g/mol. The first-order valence-corrected chi connectivity index (χ1v) is 30.7. The number of aromatic nitrogens is 4. The Morgan fingerprint density at radius 2 is 1.33 bits per heavy atom. The van der Waals surface area contributed by atoms with Crippen molar-refractivity contribution in [3.63, 3.8) is 0 Å². The number of amides is 1. The van der Waals surface area contributed by atoms with Gasteiger partial charge in [-0.15, -0.1) is 0 Å². The monoisotopic (exact) mass is 1260 g/mol. The van der Waals surface area contributed by atoms with Crippen LogP contribution in [0.1, 0.15) is 98.6 Å². The number of nitrogen functional groups attached to an aromatic ring is 1. The van der Waals surface area contributed by atoms with Crippen LogP contribution in [-0.2, 0) is 85.8 Å². The highest BCUT2D eigenvalue weighted by Gasteiger charge is 2.55. The van der Waals surface area contributed by atoms with Crippen LogP contribution in [0.3, 0.4) is 0 Å². The Labute approximate surface area is 516 Å². The van der Waals surface area contributed by atoms with Crippen LogP contribution in [-0.4, -0.2) is 175 Å². The molecule has 10 atom stereocenters. The van der Waals surface area contributed by atoms with Gasteiger partial charge in [0.2, 0.25) is 11.9 Å². The maximum atomic E-state index is 16.0. The number of ketones is 1. The van der Waals surface area contributed by atoms with Crippen molar-refractivity contribution in [2.75, 3.05) is 66.2 Å². The minimum Gasteiger partial charge on any atom is -0.497 e. The molecule has 2 unspecified atom stereocenters. The first-order valence-electron chi connectivity index (χ1n) is 29.2. The summed E-state index contributed by atoms with van der Waals surface area (Å²) in [5, 5.41) is 2.65. The minimum atomic E-state index is -4.47. The molecule has 486 valence electrons. The van der Waals surface area contributed by atoms with Crippen LogP contribution in [0.25, 0.3) is 11.2 Å². The number of carbonyl (C=O) groups is 5. The SMILES string of the molecule is COc1ccc(C(OC(C(=O)C(C)C)[C@H]2O[C@@H](n3cnc4c(=O)[nH]c(N)nc43)C[C@@H]2OP(=O)(OCCOCCOCCO[C@@H]2O[C@H](COC(C)=O)[C@H](OC(C)=O)[C@H](OC(C)=O)[C@H]2NC(C)=O)N(C(C)C)C(C)C)(c2ccccc2)c2ccc(OC)cc2)cc1. The van der Waals surface area contributed by atoms with Crippen molar-refractivity contribution >= 4 is 54.5 Å². The number of H-pyrrole nitrogens is 1. The van der Waals surface area contributed by atoms with Gasteiger partial charge in [-0.3, -0.25) is 47.4 Å². The van der Waals surface area contributed by atoms with Gasteiger partial charge < -0.3 is 63.2 Å². The summed E-state index contributed by atoms with van der Waals surface area (Å²) in [7, 11) is -1.34. The molecule has 0 bridgehead atoms. The third kappa shape index (κ3) is 17.2. The number of rotatable bonds is 32. The molecule has 0 radical (unpaired) electrons. The van der Waals surface area contributed by atoms with Gasteiger partial charge in [0.15, 0.2) is 35.4 Å². The quantitative estimate of drug-likeness (QED) is 0.0147. The van der Waals surface area contributed by atoms with E-state index in [0.717, 1.165) is 13.8 Å². The summed E-state index contributed by atoms with van der Waals surface area (Å²) in [5.41, 5.74) is 5.87. The van der Waals surface area contributed by atoms with Gasteiger partial charge in [0, 0.05) is 52.1 Å². The number of methoxy groups -OCH3 is 2. The highest BCUT2D eigenvalue weighted by Crippen LogP contribution is 2.58. The number of hydrogen-bond acceptors (Lipinski definition) is 23. The molecule has 89 heavy (non-hydrogen) atoms. The summed E-state index contributed by atoms with van der Waals surface area (Å²) in [4.78, 5) is 88.4. The number of esters is 3. The number of ether oxygens (including phenoxy) is 11. The van der Waals surface area contributed by atoms with Crippen LogP contribution in [0.4, 0.5) is 5.95 Å². The van der Waals surface area contributed by atoms with E-state index in [0.29, 0.717) is 28.2 Å². The lowest BCUT2D eigenvalue weighted by molar-refractivity contribution is -0.279. The van der Waals surface area contributed by atoms with Gasteiger partial charge in [-0.05, 0) is 68.7 Å². The molecule has 2 aliphatic rings. The second-order valence-corrected chi connectivity index (χ2v) is 23.9. The van der Waals surface area contributed by atoms with Gasteiger partial charge in [0.05, 0.1) is 60.2 Å². The van der Waals surface area contributed by atoms with Gasteiger partial charge in [-0.25, -0.2) is 14.2 Å². The van der Waals surface area contributed by atoms with E-state index in [1.807, 2.05) is 82.3 Å². The first kappa shape index (κ1) is 69.3. The lowest BCUT2D eigenvalue weighted by Crippen LogP contribution is -2.66. The predicted molar refractivity (Wildman–Crippen MR) is 320 cm³/mol. The van der Waals surface area contributed by atoms with E-state index in [1.165, 1.54) is 24.7 Å². The normalized spacial score (nSPS) is 21.4. The number of fused-ring (bicyclic) bond motifs is 1. The Bertz CT molecular complexity index is 3220. The largest absolute Gasteiger partial charge is 0.497 e. The molecule has 28 heteroatoms. The summed E-state index contributed by atoms with van der Waals surface area (Å²) >= 11 is 0. The number of anilines is 1. The molecule has 2 fully saturated rings. The zero-order valence-electron chi connectivity index (χ0n) is 52.1. The Morgan fingerprint density at radius 1 is 0.764 bits per heavy atom. The number of nitrogens with one attached hydrogen (secondary N) is 2. The van der Waals surface area contributed by atoms with Gasteiger partial charge >= 0.3 is 25.7 Å². The van der Waals surface area contributed by atoms with Crippen molar-refractivity contribution in [1.82, 2.24) is 29.5 Å². The van der Waals surface area contributed by atoms with Crippen molar-refractivity contribution in [1.29, 1.82) is 0 Å². The van der Waals surface area contributed by atoms with Gasteiger partial charge in [0.1, 0.15) is 60.4 Å². The smallest absolute Gasteiger partial charge is 0.409 e. The third-order valence-corrected chi connectivity index (χ3v) is 17.1. The fraction of sp³-hybridized carbons (Fsp3) is 0.541. The molecule has 2 saturated heterocycles. The summed E-state index contributed by atoms with van der Waals surface area (Å²) in [6.07, 6.45) is -8.90. The van der Waals surface area contributed by atoms with Crippen LogP contribution in [0, 0.1) is 5.92 Å². The van der Waals surface area contributed by atoms with E-state index in [9.17, 15) is 24.0 Å². The van der Waals surface area contributed by atoms with Crippen LogP contribution >= 0.6 is 7.75 Å². The molecule has 4 N–H and O–H groups in total. The number of carbonyl (C=O) groups excluding carboxylic acids is 5. The summed E-state index contributed by atoms with van der Waals surface area (Å²) in [6.45, 7) is 14.8. The van der Waals surface area contributed by atoms with Crippen LogP contribution in [0.5, 0.6) is 11.5 Å². The molecule has 5 aromatic rings. The van der Waals surface area contributed by atoms with E-state index in [4.69, 9.17) is 66.9 Å². The van der Waals surface area contributed by atoms with Crippen molar-refractivity contribution in [2.45, 2.75) is 149 Å².